The normalized spacial score (nSPS) is 11.4. The number of aromatic amines is 1. The summed E-state index contributed by atoms with van der Waals surface area (Å²) >= 11 is 0. The van der Waals surface area contributed by atoms with E-state index < -0.39 is 5.97 Å². The van der Waals surface area contributed by atoms with Crippen molar-refractivity contribution in [3.05, 3.63) is 35.7 Å². The van der Waals surface area contributed by atoms with E-state index in [1.807, 2.05) is 45.0 Å². The highest BCUT2D eigenvalue weighted by molar-refractivity contribution is 5.88. The van der Waals surface area contributed by atoms with Gasteiger partial charge in [-0.2, -0.15) is 0 Å². The molecule has 0 unspecified atom stereocenters. The van der Waals surface area contributed by atoms with Crippen molar-refractivity contribution in [2.24, 2.45) is 0 Å². The fourth-order valence-electron chi connectivity index (χ4n) is 1.98. The smallest absolute Gasteiger partial charge is 0.356 e. The van der Waals surface area contributed by atoms with E-state index in [1.165, 1.54) is 0 Å². The van der Waals surface area contributed by atoms with Gasteiger partial charge in [-0.25, -0.2) is 9.78 Å². The van der Waals surface area contributed by atoms with Crippen molar-refractivity contribution in [2.45, 2.75) is 26.2 Å². The Morgan fingerprint density at radius 1 is 1.35 bits per heavy atom. The van der Waals surface area contributed by atoms with Crippen molar-refractivity contribution >= 4 is 5.97 Å². The number of aromatic nitrogens is 2. The van der Waals surface area contributed by atoms with Gasteiger partial charge in [-0.1, -0.05) is 32.9 Å². The van der Waals surface area contributed by atoms with Crippen molar-refractivity contribution in [2.75, 3.05) is 7.11 Å². The largest absolute Gasteiger partial charge is 0.497 e. The fraction of sp³-hybridized carbons (Fsp3) is 0.333. The molecule has 2 rings (SSSR count). The van der Waals surface area contributed by atoms with Gasteiger partial charge >= 0.3 is 5.97 Å². The number of imidazole rings is 1. The third-order valence-corrected chi connectivity index (χ3v) is 3.00. The molecule has 0 spiro atoms. The number of aromatic carboxylic acids is 1. The molecule has 0 bridgehead atoms. The summed E-state index contributed by atoms with van der Waals surface area (Å²) in [6.07, 6.45) is 0. The Morgan fingerprint density at radius 3 is 2.55 bits per heavy atom. The number of hydrogen-bond acceptors (Lipinski definition) is 3. The Morgan fingerprint density at radius 2 is 2.05 bits per heavy atom. The first-order valence-electron chi connectivity index (χ1n) is 6.31. The van der Waals surface area contributed by atoms with Crippen molar-refractivity contribution in [3.8, 4) is 17.1 Å². The molecule has 2 N–H and O–H groups in total. The predicted octanol–water partition coefficient (Wildman–Crippen LogP) is 3.08. The monoisotopic (exact) mass is 274 g/mol. The summed E-state index contributed by atoms with van der Waals surface area (Å²) < 4.78 is 5.17. The van der Waals surface area contributed by atoms with Crippen LogP contribution in [0, 0.1) is 0 Å². The molecule has 5 heteroatoms. The zero-order valence-electron chi connectivity index (χ0n) is 12.0. The van der Waals surface area contributed by atoms with Gasteiger partial charge in [-0.15, -0.1) is 0 Å². The summed E-state index contributed by atoms with van der Waals surface area (Å²) in [6, 6.07) is 7.35. The molecule has 0 amide bonds. The molecule has 2 aromatic rings. The molecule has 0 aliphatic rings. The van der Waals surface area contributed by atoms with E-state index in [4.69, 9.17) is 4.74 Å². The Labute approximate surface area is 117 Å². The molecule has 20 heavy (non-hydrogen) atoms. The zero-order valence-corrected chi connectivity index (χ0v) is 12.0. The van der Waals surface area contributed by atoms with Crippen molar-refractivity contribution < 1.29 is 14.6 Å². The van der Waals surface area contributed by atoms with Crippen LogP contribution < -0.4 is 4.74 Å². The number of rotatable bonds is 3. The second-order valence-corrected chi connectivity index (χ2v) is 5.60. The number of H-pyrrole nitrogens is 1. The summed E-state index contributed by atoms with van der Waals surface area (Å²) in [5.74, 6) is 0.208. The van der Waals surface area contributed by atoms with Crippen LogP contribution in [0.3, 0.4) is 0 Å². The third kappa shape index (κ3) is 2.66. The van der Waals surface area contributed by atoms with Crippen LogP contribution >= 0.6 is 0 Å². The molecule has 1 aromatic heterocycles. The van der Waals surface area contributed by atoms with Gasteiger partial charge in [0.2, 0.25) is 0 Å². The van der Waals surface area contributed by atoms with Crippen LogP contribution in [0.15, 0.2) is 24.3 Å². The number of nitrogens with zero attached hydrogens (tertiary/aromatic N) is 1. The minimum atomic E-state index is -1.03. The molecule has 0 aliphatic heterocycles. The molecule has 1 heterocycles. The maximum absolute atomic E-state index is 11.3. The van der Waals surface area contributed by atoms with E-state index in [2.05, 4.69) is 9.97 Å². The van der Waals surface area contributed by atoms with Gasteiger partial charge in [0.05, 0.1) is 12.8 Å². The molecule has 0 radical (unpaired) electrons. The maximum atomic E-state index is 11.3. The highest BCUT2D eigenvalue weighted by Gasteiger charge is 2.26. The summed E-state index contributed by atoms with van der Waals surface area (Å²) in [5, 5.41) is 9.28. The Balaban J connectivity index is 2.56. The van der Waals surface area contributed by atoms with E-state index in [-0.39, 0.29) is 11.1 Å². The summed E-state index contributed by atoms with van der Waals surface area (Å²) in [7, 11) is 1.59. The van der Waals surface area contributed by atoms with Gasteiger partial charge in [0.25, 0.3) is 0 Å². The molecule has 0 saturated heterocycles. The zero-order chi connectivity index (χ0) is 14.9. The number of carboxylic acid groups (broad SMARTS) is 1. The average molecular weight is 274 g/mol. The van der Waals surface area contributed by atoms with Gasteiger partial charge in [0.15, 0.2) is 5.69 Å². The highest BCUT2D eigenvalue weighted by atomic mass is 16.5. The number of carbonyl (C=O) groups is 1. The predicted molar refractivity (Wildman–Crippen MR) is 76.2 cm³/mol. The number of benzene rings is 1. The van der Waals surface area contributed by atoms with Crippen molar-refractivity contribution in [1.29, 1.82) is 0 Å². The number of hydrogen-bond donors (Lipinski definition) is 2. The molecule has 0 fully saturated rings. The second-order valence-electron chi connectivity index (χ2n) is 5.60. The van der Waals surface area contributed by atoms with Crippen molar-refractivity contribution in [3.63, 3.8) is 0 Å². The summed E-state index contributed by atoms with van der Waals surface area (Å²) in [5.41, 5.74) is 1.15. The molecular formula is C15H18N2O3. The standard InChI is InChI=1S/C15H18N2O3/c1-15(2,3)12-11(14(18)19)16-13(17-12)9-6-5-7-10(8-9)20-4/h5-8H,1-4H3,(H,16,17)(H,18,19). The average Bonchev–Trinajstić information content (AvgIpc) is 2.84. The lowest BCUT2D eigenvalue weighted by Gasteiger charge is -2.16. The maximum Gasteiger partial charge on any atom is 0.356 e. The number of carboxylic acids is 1. The van der Waals surface area contributed by atoms with Gasteiger partial charge < -0.3 is 14.8 Å². The summed E-state index contributed by atoms with van der Waals surface area (Å²) in [4.78, 5) is 18.7. The van der Waals surface area contributed by atoms with Crippen LogP contribution in [-0.2, 0) is 5.41 Å². The molecule has 5 nitrogen and oxygen atoms in total. The lowest BCUT2D eigenvalue weighted by atomic mass is 9.91. The van der Waals surface area contributed by atoms with Gasteiger partial charge in [0.1, 0.15) is 11.6 Å². The highest BCUT2D eigenvalue weighted by Crippen LogP contribution is 2.28. The SMILES string of the molecule is COc1cccc(-c2nc(C(=O)O)c(C(C)(C)C)[nH]2)c1. The lowest BCUT2D eigenvalue weighted by Crippen LogP contribution is -2.16. The Hall–Kier alpha value is -2.30. The Bertz CT molecular complexity index is 639. The second kappa shape index (κ2) is 5.00. The first kappa shape index (κ1) is 14.1. The first-order chi connectivity index (χ1) is 9.32. The van der Waals surface area contributed by atoms with E-state index in [9.17, 15) is 9.90 Å². The first-order valence-corrected chi connectivity index (χ1v) is 6.31. The third-order valence-electron chi connectivity index (χ3n) is 3.00. The minimum absolute atomic E-state index is 0.0651. The lowest BCUT2D eigenvalue weighted by molar-refractivity contribution is 0.0688. The van der Waals surface area contributed by atoms with Crippen LogP contribution in [0.5, 0.6) is 5.75 Å². The molecule has 0 aliphatic carbocycles. The quantitative estimate of drug-likeness (QED) is 0.901. The van der Waals surface area contributed by atoms with Gasteiger partial charge in [-0.3, -0.25) is 0 Å². The topological polar surface area (TPSA) is 75.2 Å². The van der Waals surface area contributed by atoms with Crippen LogP contribution in [0.4, 0.5) is 0 Å². The van der Waals surface area contributed by atoms with Crippen LogP contribution in [0.2, 0.25) is 0 Å². The molecule has 1 aromatic carbocycles. The van der Waals surface area contributed by atoms with Crippen LogP contribution in [0.25, 0.3) is 11.4 Å². The summed E-state index contributed by atoms with van der Waals surface area (Å²) in [6.45, 7) is 5.84. The minimum Gasteiger partial charge on any atom is -0.497 e. The van der Waals surface area contributed by atoms with Gasteiger partial charge in [0, 0.05) is 11.0 Å². The molecular weight excluding hydrogens is 256 g/mol. The molecule has 0 atom stereocenters. The van der Waals surface area contributed by atoms with E-state index in [1.54, 1.807) is 7.11 Å². The van der Waals surface area contributed by atoms with E-state index in [0.717, 1.165) is 5.56 Å². The number of ether oxygens (including phenoxy) is 1. The van der Waals surface area contributed by atoms with Crippen LogP contribution in [0.1, 0.15) is 37.0 Å². The van der Waals surface area contributed by atoms with Gasteiger partial charge in [-0.05, 0) is 12.1 Å². The van der Waals surface area contributed by atoms with Crippen LogP contribution in [-0.4, -0.2) is 28.2 Å². The number of nitrogens with one attached hydrogen (secondary N) is 1. The molecule has 106 valence electrons. The van der Waals surface area contributed by atoms with E-state index >= 15 is 0 Å². The fourth-order valence-corrected chi connectivity index (χ4v) is 1.98. The number of methoxy groups -OCH3 is 1. The van der Waals surface area contributed by atoms with Crippen molar-refractivity contribution in [1.82, 2.24) is 9.97 Å². The van der Waals surface area contributed by atoms with E-state index in [0.29, 0.717) is 17.3 Å². The Kier molecular flexibility index (Phi) is 3.53. The molecule has 0 saturated carbocycles.